The SMILES string of the molecule is CCCCCCCCCCCCCC[C](CCCC)C(CCCC)CC(=O)O. The summed E-state index contributed by atoms with van der Waals surface area (Å²) in [5, 5.41) is 9.32. The van der Waals surface area contributed by atoms with E-state index in [0.717, 1.165) is 25.7 Å². The highest BCUT2D eigenvalue weighted by atomic mass is 16.4. The molecule has 0 aliphatic heterocycles. The summed E-state index contributed by atoms with van der Waals surface area (Å²) in [6.45, 7) is 6.72. The Kier molecular flexibility index (Phi) is 20.8. The first-order valence-corrected chi connectivity index (χ1v) is 12.7. The van der Waals surface area contributed by atoms with Gasteiger partial charge in [-0.15, -0.1) is 0 Å². The maximum atomic E-state index is 11.3. The number of unbranched alkanes of at least 4 members (excludes halogenated alkanes) is 13. The Bertz CT molecular complexity index is 326. The number of rotatable bonds is 22. The Morgan fingerprint density at radius 1 is 0.607 bits per heavy atom. The Morgan fingerprint density at radius 3 is 1.50 bits per heavy atom. The Morgan fingerprint density at radius 2 is 1.04 bits per heavy atom. The standard InChI is InChI=1S/C26H51O2/c1-4-7-10-11-12-13-14-15-16-17-18-19-22-24(20-8-5-2)25(21-9-6-3)23-26(27)28/h25H,4-23H2,1-3H3,(H,27,28). The van der Waals surface area contributed by atoms with Gasteiger partial charge in [0.1, 0.15) is 0 Å². The summed E-state index contributed by atoms with van der Waals surface area (Å²) in [6.07, 6.45) is 25.1. The van der Waals surface area contributed by atoms with E-state index in [9.17, 15) is 9.90 Å². The van der Waals surface area contributed by atoms with Crippen molar-refractivity contribution in [2.45, 2.75) is 149 Å². The van der Waals surface area contributed by atoms with Gasteiger partial charge in [-0.2, -0.15) is 0 Å². The van der Waals surface area contributed by atoms with Gasteiger partial charge in [-0.1, -0.05) is 124 Å². The highest BCUT2D eigenvalue weighted by Gasteiger charge is 2.23. The van der Waals surface area contributed by atoms with Crippen LogP contribution in [0.25, 0.3) is 0 Å². The van der Waals surface area contributed by atoms with Crippen LogP contribution in [0.3, 0.4) is 0 Å². The molecule has 0 bridgehead atoms. The van der Waals surface area contributed by atoms with Crippen LogP contribution in [0.15, 0.2) is 0 Å². The van der Waals surface area contributed by atoms with E-state index in [4.69, 9.17) is 0 Å². The molecule has 0 aliphatic rings. The molecular formula is C26H51O2. The molecule has 1 N–H and O–H groups in total. The number of aliphatic carboxylic acids is 1. The van der Waals surface area contributed by atoms with E-state index < -0.39 is 5.97 Å². The number of hydrogen-bond donors (Lipinski definition) is 1. The summed E-state index contributed by atoms with van der Waals surface area (Å²) in [7, 11) is 0. The third-order valence-corrected chi connectivity index (χ3v) is 6.11. The molecule has 0 amide bonds. The van der Waals surface area contributed by atoms with Gasteiger partial charge in [-0.05, 0) is 31.1 Å². The molecule has 0 fully saturated rings. The zero-order valence-electron chi connectivity index (χ0n) is 19.6. The average molecular weight is 396 g/mol. The number of carboxylic acid groups (broad SMARTS) is 1. The molecule has 1 unspecified atom stereocenters. The molecule has 2 nitrogen and oxygen atoms in total. The van der Waals surface area contributed by atoms with E-state index in [2.05, 4.69) is 20.8 Å². The molecule has 0 heterocycles. The molecule has 0 aromatic heterocycles. The van der Waals surface area contributed by atoms with Gasteiger partial charge >= 0.3 is 5.97 Å². The van der Waals surface area contributed by atoms with E-state index in [0.29, 0.717) is 12.3 Å². The molecule has 0 aromatic rings. The van der Waals surface area contributed by atoms with Crippen LogP contribution in [0.2, 0.25) is 0 Å². The lowest BCUT2D eigenvalue weighted by Crippen LogP contribution is -2.17. The Hall–Kier alpha value is -0.530. The minimum absolute atomic E-state index is 0.316. The first-order valence-electron chi connectivity index (χ1n) is 12.7. The van der Waals surface area contributed by atoms with Gasteiger partial charge in [0.25, 0.3) is 0 Å². The molecule has 28 heavy (non-hydrogen) atoms. The zero-order chi connectivity index (χ0) is 20.9. The summed E-state index contributed by atoms with van der Waals surface area (Å²) in [4.78, 5) is 11.3. The van der Waals surface area contributed by atoms with E-state index >= 15 is 0 Å². The average Bonchev–Trinajstić information content (AvgIpc) is 2.68. The van der Waals surface area contributed by atoms with E-state index in [1.54, 1.807) is 5.92 Å². The molecule has 167 valence electrons. The van der Waals surface area contributed by atoms with Crippen molar-refractivity contribution in [2.24, 2.45) is 5.92 Å². The molecule has 1 atom stereocenters. The molecule has 2 heteroatoms. The predicted molar refractivity (Wildman–Crippen MR) is 124 cm³/mol. The second kappa shape index (κ2) is 21.2. The highest BCUT2D eigenvalue weighted by Crippen LogP contribution is 2.33. The topological polar surface area (TPSA) is 37.3 Å². The molecule has 0 aliphatic carbocycles. The van der Waals surface area contributed by atoms with Crippen LogP contribution in [0, 0.1) is 11.8 Å². The quantitative estimate of drug-likeness (QED) is 0.185. The van der Waals surface area contributed by atoms with Gasteiger partial charge in [0.2, 0.25) is 0 Å². The largest absolute Gasteiger partial charge is 0.481 e. The van der Waals surface area contributed by atoms with Crippen LogP contribution in [0.1, 0.15) is 149 Å². The predicted octanol–water partition coefficient (Wildman–Crippen LogP) is 9.12. The number of hydrogen-bond acceptors (Lipinski definition) is 1. The second-order valence-electron chi connectivity index (χ2n) is 8.84. The summed E-state index contributed by atoms with van der Waals surface area (Å²) in [6, 6.07) is 0. The smallest absolute Gasteiger partial charge is 0.303 e. The van der Waals surface area contributed by atoms with Gasteiger partial charge in [0.15, 0.2) is 0 Å². The van der Waals surface area contributed by atoms with Crippen molar-refractivity contribution >= 4 is 5.97 Å². The first kappa shape index (κ1) is 27.5. The van der Waals surface area contributed by atoms with Crippen molar-refractivity contribution in [1.82, 2.24) is 0 Å². The lowest BCUT2D eigenvalue weighted by atomic mass is 9.79. The van der Waals surface area contributed by atoms with Crippen molar-refractivity contribution in [3.05, 3.63) is 5.92 Å². The summed E-state index contributed by atoms with van der Waals surface area (Å²) in [5.41, 5.74) is 0. The van der Waals surface area contributed by atoms with Crippen LogP contribution < -0.4 is 0 Å². The minimum atomic E-state index is -0.621. The fourth-order valence-corrected chi connectivity index (χ4v) is 4.24. The van der Waals surface area contributed by atoms with Crippen LogP contribution in [-0.2, 0) is 4.79 Å². The van der Waals surface area contributed by atoms with E-state index in [1.165, 1.54) is 96.3 Å². The van der Waals surface area contributed by atoms with E-state index in [-0.39, 0.29) is 0 Å². The van der Waals surface area contributed by atoms with Crippen LogP contribution in [-0.4, -0.2) is 11.1 Å². The van der Waals surface area contributed by atoms with Crippen molar-refractivity contribution in [3.63, 3.8) is 0 Å². The monoisotopic (exact) mass is 395 g/mol. The lowest BCUT2D eigenvalue weighted by Gasteiger charge is -2.26. The van der Waals surface area contributed by atoms with Crippen molar-refractivity contribution in [2.75, 3.05) is 0 Å². The Labute approximate surface area is 177 Å². The van der Waals surface area contributed by atoms with Gasteiger partial charge in [-0.3, -0.25) is 4.79 Å². The molecular weight excluding hydrogens is 344 g/mol. The molecule has 0 rings (SSSR count). The molecule has 0 saturated heterocycles. The zero-order valence-corrected chi connectivity index (χ0v) is 19.6. The van der Waals surface area contributed by atoms with Gasteiger partial charge in [0.05, 0.1) is 0 Å². The molecule has 0 saturated carbocycles. The highest BCUT2D eigenvalue weighted by molar-refractivity contribution is 5.67. The van der Waals surface area contributed by atoms with Gasteiger partial charge < -0.3 is 5.11 Å². The maximum absolute atomic E-state index is 11.3. The summed E-state index contributed by atoms with van der Waals surface area (Å²) >= 11 is 0. The lowest BCUT2D eigenvalue weighted by molar-refractivity contribution is -0.138. The van der Waals surface area contributed by atoms with Crippen molar-refractivity contribution in [3.8, 4) is 0 Å². The first-order chi connectivity index (χ1) is 13.7. The van der Waals surface area contributed by atoms with Crippen LogP contribution in [0.5, 0.6) is 0 Å². The number of carbonyl (C=O) groups is 1. The third kappa shape index (κ3) is 17.6. The van der Waals surface area contributed by atoms with Gasteiger partial charge in [0, 0.05) is 6.42 Å². The fraction of sp³-hybridized carbons (Fsp3) is 0.923. The van der Waals surface area contributed by atoms with Crippen LogP contribution >= 0.6 is 0 Å². The fourth-order valence-electron chi connectivity index (χ4n) is 4.24. The molecule has 0 spiro atoms. The van der Waals surface area contributed by atoms with Crippen molar-refractivity contribution < 1.29 is 9.90 Å². The number of carboxylic acids is 1. The maximum Gasteiger partial charge on any atom is 0.303 e. The van der Waals surface area contributed by atoms with Crippen LogP contribution in [0.4, 0.5) is 0 Å². The van der Waals surface area contributed by atoms with Gasteiger partial charge in [-0.25, -0.2) is 0 Å². The molecule has 1 radical (unpaired) electrons. The Balaban J connectivity index is 3.93. The third-order valence-electron chi connectivity index (χ3n) is 6.11. The minimum Gasteiger partial charge on any atom is -0.481 e. The summed E-state index contributed by atoms with van der Waals surface area (Å²) < 4.78 is 0. The van der Waals surface area contributed by atoms with E-state index in [1.807, 2.05) is 0 Å². The second-order valence-corrected chi connectivity index (χ2v) is 8.84. The molecule has 0 aromatic carbocycles. The van der Waals surface area contributed by atoms with Crippen molar-refractivity contribution in [1.29, 1.82) is 0 Å². The normalized spacial score (nSPS) is 12.6. The summed E-state index contributed by atoms with van der Waals surface area (Å²) in [5.74, 6) is 1.26.